The maximum Gasteiger partial charge on any atom is 0.408 e. The Morgan fingerprint density at radius 2 is 1.75 bits per heavy atom. The van der Waals surface area contributed by atoms with E-state index < -0.39 is 35.4 Å². The first-order valence-electron chi connectivity index (χ1n) is 7.31. The molecule has 0 unspecified atom stereocenters. The van der Waals surface area contributed by atoms with E-state index in [-0.39, 0.29) is 6.54 Å². The molecule has 2 amide bonds. The molecule has 2 aromatic carbocycles. The third-order valence-electron chi connectivity index (χ3n) is 3.99. The summed E-state index contributed by atoms with van der Waals surface area (Å²) in [5.41, 5.74) is 0.764. The molecule has 3 rings (SSSR count). The molecule has 0 aromatic heterocycles. The third-order valence-corrected chi connectivity index (χ3v) is 3.99. The van der Waals surface area contributed by atoms with Crippen LogP contribution in [0.5, 0.6) is 0 Å². The van der Waals surface area contributed by atoms with Gasteiger partial charge >= 0.3 is 6.09 Å². The van der Waals surface area contributed by atoms with Gasteiger partial charge in [-0.15, -0.1) is 0 Å². The summed E-state index contributed by atoms with van der Waals surface area (Å²) in [5, 5.41) is 11.5. The molecule has 24 heavy (non-hydrogen) atoms. The maximum atomic E-state index is 13.7. The molecule has 0 bridgehead atoms. The summed E-state index contributed by atoms with van der Waals surface area (Å²) >= 11 is 0. The van der Waals surface area contributed by atoms with Crippen molar-refractivity contribution in [3.63, 3.8) is 0 Å². The molecule has 2 N–H and O–H groups in total. The highest BCUT2D eigenvalue weighted by Gasteiger charge is 2.36. The molecule has 1 heterocycles. The summed E-state index contributed by atoms with van der Waals surface area (Å²) in [4.78, 5) is 25.0. The highest BCUT2D eigenvalue weighted by Crippen LogP contribution is 2.31. The number of carbonyl (C=O) groups is 2. The summed E-state index contributed by atoms with van der Waals surface area (Å²) < 4.78 is 27.5. The fourth-order valence-corrected chi connectivity index (χ4v) is 2.86. The molecule has 0 spiro atoms. The second kappa shape index (κ2) is 6.27. The van der Waals surface area contributed by atoms with Crippen LogP contribution in [-0.4, -0.2) is 28.6 Å². The number of amides is 2. The molecule has 5 nitrogen and oxygen atoms in total. The number of rotatable bonds is 2. The van der Waals surface area contributed by atoms with Crippen LogP contribution < -0.4 is 5.32 Å². The van der Waals surface area contributed by atoms with Crippen molar-refractivity contribution < 1.29 is 23.5 Å². The van der Waals surface area contributed by atoms with Gasteiger partial charge in [-0.05, 0) is 29.7 Å². The second-order valence-corrected chi connectivity index (χ2v) is 5.41. The number of benzene rings is 2. The first-order valence-corrected chi connectivity index (χ1v) is 7.31. The van der Waals surface area contributed by atoms with Crippen LogP contribution in [0.4, 0.5) is 19.3 Å². The molecule has 7 heteroatoms. The van der Waals surface area contributed by atoms with Gasteiger partial charge in [0.15, 0.2) is 0 Å². The summed E-state index contributed by atoms with van der Waals surface area (Å²) in [7, 11) is 0. The molecule has 0 fully saturated rings. The standard InChI is InChI=1S/C17H14F2N2O3/c18-12-6-3-7-13(19)14(12)20-16(22)15-11-5-2-1-4-10(11)8-9-21(15)17(23)24/h1-7,15H,8-9H2,(H,20,22)(H,23,24)/t15-/m0/s1. The fourth-order valence-electron chi connectivity index (χ4n) is 2.86. The number of hydrogen-bond acceptors (Lipinski definition) is 2. The lowest BCUT2D eigenvalue weighted by atomic mass is 9.92. The van der Waals surface area contributed by atoms with Crippen LogP contribution in [0.3, 0.4) is 0 Å². The van der Waals surface area contributed by atoms with Crippen LogP contribution in [0.1, 0.15) is 17.2 Å². The van der Waals surface area contributed by atoms with Crippen molar-refractivity contribution in [3.8, 4) is 0 Å². The summed E-state index contributed by atoms with van der Waals surface area (Å²) in [5.74, 6) is -2.64. The molecule has 1 aliphatic heterocycles. The minimum absolute atomic E-state index is 0.129. The predicted octanol–water partition coefficient (Wildman–Crippen LogP) is 3.18. The summed E-state index contributed by atoms with van der Waals surface area (Å²) in [6, 6.07) is 8.98. The Balaban J connectivity index is 1.98. The highest BCUT2D eigenvalue weighted by atomic mass is 19.1. The number of carbonyl (C=O) groups excluding carboxylic acids is 1. The van der Waals surface area contributed by atoms with E-state index in [1.165, 1.54) is 6.07 Å². The summed E-state index contributed by atoms with van der Waals surface area (Å²) in [6.07, 6.45) is -0.793. The molecular weight excluding hydrogens is 318 g/mol. The van der Waals surface area contributed by atoms with Crippen molar-refractivity contribution in [2.24, 2.45) is 0 Å². The molecule has 2 aromatic rings. The third kappa shape index (κ3) is 2.80. The largest absolute Gasteiger partial charge is 0.465 e. The SMILES string of the molecule is O=C(Nc1c(F)cccc1F)[C@@H]1c2ccccc2CCN1C(=O)O. The quantitative estimate of drug-likeness (QED) is 0.887. The zero-order chi connectivity index (χ0) is 17.3. The zero-order valence-electron chi connectivity index (χ0n) is 12.5. The molecule has 1 aliphatic rings. The lowest BCUT2D eigenvalue weighted by Crippen LogP contribution is -2.44. The van der Waals surface area contributed by atoms with Gasteiger partial charge in [0.05, 0.1) is 0 Å². The Labute approximate surface area is 136 Å². The first-order chi connectivity index (χ1) is 11.5. The Morgan fingerprint density at radius 1 is 1.08 bits per heavy atom. The van der Waals surface area contributed by atoms with E-state index in [4.69, 9.17) is 0 Å². The number of hydrogen-bond donors (Lipinski definition) is 2. The lowest BCUT2D eigenvalue weighted by Gasteiger charge is -2.34. The second-order valence-electron chi connectivity index (χ2n) is 5.41. The topological polar surface area (TPSA) is 69.6 Å². The van der Waals surface area contributed by atoms with Crippen LogP contribution in [0.15, 0.2) is 42.5 Å². The van der Waals surface area contributed by atoms with Crippen molar-refractivity contribution in [1.82, 2.24) is 4.90 Å². The van der Waals surface area contributed by atoms with Gasteiger partial charge in [0, 0.05) is 6.54 Å². The van der Waals surface area contributed by atoms with E-state index in [0.717, 1.165) is 22.6 Å². The van der Waals surface area contributed by atoms with Gasteiger partial charge in [0.2, 0.25) is 0 Å². The maximum absolute atomic E-state index is 13.7. The monoisotopic (exact) mass is 332 g/mol. The van der Waals surface area contributed by atoms with Crippen molar-refractivity contribution in [1.29, 1.82) is 0 Å². The van der Waals surface area contributed by atoms with Crippen LogP contribution >= 0.6 is 0 Å². The van der Waals surface area contributed by atoms with Gasteiger partial charge in [0.1, 0.15) is 23.4 Å². The van der Waals surface area contributed by atoms with E-state index in [0.29, 0.717) is 12.0 Å². The van der Waals surface area contributed by atoms with E-state index in [1.807, 2.05) is 0 Å². The zero-order valence-corrected chi connectivity index (χ0v) is 12.5. The predicted molar refractivity (Wildman–Crippen MR) is 82.6 cm³/mol. The molecular formula is C17H14F2N2O3. The highest BCUT2D eigenvalue weighted by molar-refractivity contribution is 5.97. The van der Waals surface area contributed by atoms with Crippen molar-refractivity contribution in [2.75, 3.05) is 11.9 Å². The van der Waals surface area contributed by atoms with Gasteiger partial charge in [-0.25, -0.2) is 13.6 Å². The van der Waals surface area contributed by atoms with Gasteiger partial charge < -0.3 is 10.4 Å². The van der Waals surface area contributed by atoms with E-state index in [2.05, 4.69) is 5.32 Å². The molecule has 0 saturated carbocycles. The number of fused-ring (bicyclic) bond motifs is 1. The Hall–Kier alpha value is -2.96. The van der Waals surface area contributed by atoms with Crippen LogP contribution in [-0.2, 0) is 11.2 Å². The number of anilines is 1. The average Bonchev–Trinajstić information content (AvgIpc) is 2.57. The summed E-state index contributed by atoms with van der Waals surface area (Å²) in [6.45, 7) is 0.129. The van der Waals surface area contributed by atoms with Gasteiger partial charge in [-0.3, -0.25) is 9.69 Å². The van der Waals surface area contributed by atoms with E-state index in [1.54, 1.807) is 24.3 Å². The first kappa shape index (κ1) is 15.9. The van der Waals surface area contributed by atoms with Gasteiger partial charge in [0.25, 0.3) is 5.91 Å². The number of carboxylic acid groups (broad SMARTS) is 1. The van der Waals surface area contributed by atoms with E-state index in [9.17, 15) is 23.5 Å². The minimum atomic E-state index is -1.27. The molecule has 0 radical (unpaired) electrons. The van der Waals surface area contributed by atoms with Gasteiger partial charge in [-0.1, -0.05) is 30.3 Å². The molecule has 124 valence electrons. The minimum Gasteiger partial charge on any atom is -0.465 e. The van der Waals surface area contributed by atoms with Crippen molar-refractivity contribution in [2.45, 2.75) is 12.5 Å². The van der Waals surface area contributed by atoms with Crippen LogP contribution in [0.25, 0.3) is 0 Å². The number of halogens is 2. The normalized spacial score (nSPS) is 16.4. The van der Waals surface area contributed by atoms with Crippen molar-refractivity contribution in [3.05, 3.63) is 65.2 Å². The molecule has 0 aliphatic carbocycles. The Kier molecular flexibility index (Phi) is 4.16. The van der Waals surface area contributed by atoms with Crippen LogP contribution in [0, 0.1) is 11.6 Å². The number of nitrogens with zero attached hydrogens (tertiary/aromatic N) is 1. The molecule has 1 atom stereocenters. The van der Waals surface area contributed by atoms with Crippen molar-refractivity contribution >= 4 is 17.7 Å². The Bertz CT molecular complexity index is 790. The van der Waals surface area contributed by atoms with Crippen LogP contribution in [0.2, 0.25) is 0 Å². The molecule has 0 saturated heterocycles. The lowest BCUT2D eigenvalue weighted by molar-refractivity contribution is -0.121. The number of nitrogens with one attached hydrogen (secondary N) is 1. The average molecular weight is 332 g/mol. The number of para-hydroxylation sites is 1. The Morgan fingerprint density at radius 3 is 2.42 bits per heavy atom. The smallest absolute Gasteiger partial charge is 0.408 e. The van der Waals surface area contributed by atoms with E-state index >= 15 is 0 Å². The fraction of sp³-hybridized carbons (Fsp3) is 0.176. The van der Waals surface area contributed by atoms with Gasteiger partial charge in [-0.2, -0.15) is 0 Å².